The van der Waals surface area contributed by atoms with E-state index in [0.29, 0.717) is 35.9 Å². The molecule has 22 heavy (non-hydrogen) atoms. The van der Waals surface area contributed by atoms with Gasteiger partial charge in [0.05, 0.1) is 12.6 Å². The maximum Gasteiger partial charge on any atom is 0.233 e. The third-order valence-electron chi connectivity index (χ3n) is 6.83. The van der Waals surface area contributed by atoms with Crippen molar-refractivity contribution in [2.45, 2.75) is 69.9 Å². The molecule has 3 atom stereocenters. The van der Waals surface area contributed by atoms with Gasteiger partial charge < -0.3 is 15.4 Å². The van der Waals surface area contributed by atoms with E-state index in [4.69, 9.17) is 4.74 Å². The summed E-state index contributed by atoms with van der Waals surface area (Å²) < 4.78 is 5.93. The number of hydrogen-bond donors (Lipinski definition) is 2. The van der Waals surface area contributed by atoms with E-state index in [1.54, 1.807) is 0 Å². The van der Waals surface area contributed by atoms with E-state index in [1.165, 1.54) is 57.8 Å². The van der Waals surface area contributed by atoms with Crippen molar-refractivity contribution in [3.8, 4) is 0 Å². The Labute approximate surface area is 133 Å². The fourth-order valence-corrected chi connectivity index (χ4v) is 5.47. The summed E-state index contributed by atoms with van der Waals surface area (Å²) >= 11 is 0. The van der Waals surface area contributed by atoms with Crippen LogP contribution in [-0.2, 0) is 9.53 Å². The summed E-state index contributed by atoms with van der Waals surface area (Å²) in [6.07, 6.45) is 12.2. The summed E-state index contributed by atoms with van der Waals surface area (Å²) in [7, 11) is 0. The van der Waals surface area contributed by atoms with Gasteiger partial charge in [0.25, 0.3) is 0 Å². The van der Waals surface area contributed by atoms with Gasteiger partial charge in [0.15, 0.2) is 0 Å². The van der Waals surface area contributed by atoms with Gasteiger partial charge in [-0.2, -0.15) is 0 Å². The minimum Gasteiger partial charge on any atom is -0.377 e. The monoisotopic (exact) mass is 306 g/mol. The van der Waals surface area contributed by atoms with Crippen molar-refractivity contribution in [3.63, 3.8) is 0 Å². The fourth-order valence-electron chi connectivity index (χ4n) is 5.47. The summed E-state index contributed by atoms with van der Waals surface area (Å²) in [5, 5.41) is 6.73. The molecule has 1 aliphatic heterocycles. The summed E-state index contributed by atoms with van der Waals surface area (Å²) in [6.45, 7) is 2.29. The van der Waals surface area contributed by atoms with E-state index >= 15 is 0 Å². The summed E-state index contributed by atoms with van der Waals surface area (Å²) in [6, 6.07) is 0.522. The van der Waals surface area contributed by atoms with Crippen molar-refractivity contribution in [1.82, 2.24) is 10.6 Å². The first kappa shape index (κ1) is 14.9. The van der Waals surface area contributed by atoms with E-state index in [1.807, 2.05) is 0 Å². The molecule has 4 rings (SSSR count). The lowest BCUT2D eigenvalue weighted by molar-refractivity contribution is -0.176. The molecule has 1 spiro atoms. The fraction of sp³-hybridized carbons (Fsp3) is 0.944. The summed E-state index contributed by atoms with van der Waals surface area (Å²) in [5.41, 5.74) is 0.380. The normalized spacial score (nSPS) is 36.5. The van der Waals surface area contributed by atoms with Crippen LogP contribution in [0.4, 0.5) is 0 Å². The third-order valence-corrected chi connectivity index (χ3v) is 6.83. The molecule has 4 aliphatic rings. The Bertz CT molecular complexity index is 415. The minimum absolute atomic E-state index is 0.183. The molecule has 4 fully saturated rings. The van der Waals surface area contributed by atoms with E-state index < -0.39 is 0 Å². The van der Waals surface area contributed by atoms with Crippen molar-refractivity contribution in [2.24, 2.45) is 17.3 Å². The van der Waals surface area contributed by atoms with Crippen LogP contribution in [0.1, 0.15) is 57.8 Å². The zero-order chi connectivity index (χ0) is 15.0. The maximum atomic E-state index is 12.1. The molecule has 0 radical (unpaired) electrons. The molecular weight excluding hydrogens is 276 g/mol. The number of fused-ring (bicyclic) bond motifs is 2. The van der Waals surface area contributed by atoms with Gasteiger partial charge in [0.2, 0.25) is 5.91 Å². The van der Waals surface area contributed by atoms with Gasteiger partial charge in [-0.15, -0.1) is 0 Å². The van der Waals surface area contributed by atoms with Gasteiger partial charge in [-0.3, -0.25) is 4.79 Å². The highest BCUT2D eigenvalue weighted by molar-refractivity contribution is 5.78. The van der Waals surface area contributed by atoms with Crippen molar-refractivity contribution in [1.29, 1.82) is 0 Å². The molecule has 3 saturated carbocycles. The predicted molar refractivity (Wildman–Crippen MR) is 85.5 cm³/mol. The van der Waals surface area contributed by atoms with Crippen LogP contribution in [0.2, 0.25) is 0 Å². The number of rotatable bonds is 5. The topological polar surface area (TPSA) is 50.4 Å². The zero-order valence-electron chi connectivity index (χ0n) is 13.6. The van der Waals surface area contributed by atoms with Gasteiger partial charge in [0, 0.05) is 30.5 Å². The van der Waals surface area contributed by atoms with Crippen LogP contribution in [0.15, 0.2) is 0 Å². The molecular formula is C18H30N2O2. The minimum atomic E-state index is 0.183. The van der Waals surface area contributed by atoms with E-state index in [2.05, 4.69) is 10.6 Å². The van der Waals surface area contributed by atoms with E-state index in [9.17, 15) is 4.79 Å². The third kappa shape index (κ3) is 2.48. The summed E-state index contributed by atoms with van der Waals surface area (Å²) in [4.78, 5) is 12.1. The first-order valence-corrected chi connectivity index (χ1v) is 9.41. The van der Waals surface area contributed by atoms with Gasteiger partial charge >= 0.3 is 0 Å². The van der Waals surface area contributed by atoms with Gasteiger partial charge in [0.1, 0.15) is 0 Å². The van der Waals surface area contributed by atoms with Crippen LogP contribution in [0, 0.1) is 17.3 Å². The van der Waals surface area contributed by atoms with Crippen LogP contribution >= 0.6 is 0 Å². The van der Waals surface area contributed by atoms with Gasteiger partial charge in [-0.25, -0.2) is 0 Å². The highest BCUT2D eigenvalue weighted by atomic mass is 16.5. The Morgan fingerprint density at radius 2 is 1.91 bits per heavy atom. The maximum absolute atomic E-state index is 12.1. The van der Waals surface area contributed by atoms with Crippen LogP contribution in [0.25, 0.3) is 0 Å². The Balaban J connectivity index is 1.21. The lowest BCUT2D eigenvalue weighted by Gasteiger charge is -2.63. The molecule has 3 unspecified atom stereocenters. The Morgan fingerprint density at radius 1 is 1.09 bits per heavy atom. The largest absolute Gasteiger partial charge is 0.377 e. The molecule has 4 nitrogen and oxygen atoms in total. The second-order valence-corrected chi connectivity index (χ2v) is 8.00. The second-order valence-electron chi connectivity index (χ2n) is 8.00. The first-order chi connectivity index (χ1) is 10.8. The molecule has 2 N–H and O–H groups in total. The van der Waals surface area contributed by atoms with Crippen molar-refractivity contribution >= 4 is 5.91 Å². The van der Waals surface area contributed by atoms with Crippen molar-refractivity contribution in [3.05, 3.63) is 0 Å². The average molecular weight is 306 g/mol. The quantitative estimate of drug-likeness (QED) is 0.819. The van der Waals surface area contributed by atoms with Crippen molar-refractivity contribution in [2.75, 3.05) is 19.7 Å². The molecule has 0 aromatic rings. The van der Waals surface area contributed by atoms with E-state index in [0.717, 1.165) is 13.2 Å². The van der Waals surface area contributed by atoms with Crippen LogP contribution in [0.5, 0.6) is 0 Å². The number of ether oxygens (including phenoxy) is 1. The molecule has 1 amide bonds. The number of nitrogens with one attached hydrogen (secondary N) is 2. The molecule has 1 saturated heterocycles. The Kier molecular flexibility index (Phi) is 4.16. The Morgan fingerprint density at radius 3 is 2.64 bits per heavy atom. The average Bonchev–Trinajstić information content (AvgIpc) is 2.90. The standard InChI is InChI=1S/C18H30N2O2/c21-15(19-11-13-5-2-1-3-6-13)12-20-16-14-7-10-22-17(14)18(16)8-4-9-18/h13-14,16-17,20H,1-12H2,(H,19,21). The highest BCUT2D eigenvalue weighted by Gasteiger charge is 2.66. The molecule has 0 aromatic heterocycles. The lowest BCUT2D eigenvalue weighted by Crippen LogP contribution is -2.71. The molecule has 124 valence electrons. The zero-order valence-corrected chi connectivity index (χ0v) is 13.6. The lowest BCUT2D eigenvalue weighted by atomic mass is 9.46. The highest BCUT2D eigenvalue weighted by Crippen LogP contribution is 2.62. The molecule has 4 heteroatoms. The predicted octanol–water partition coefficient (Wildman–Crippen LogP) is 2.23. The molecule has 0 bridgehead atoms. The first-order valence-electron chi connectivity index (χ1n) is 9.41. The van der Waals surface area contributed by atoms with Gasteiger partial charge in [-0.05, 0) is 38.0 Å². The Hall–Kier alpha value is -0.610. The number of carbonyl (C=O) groups is 1. The summed E-state index contributed by atoms with van der Waals surface area (Å²) in [5.74, 6) is 1.56. The molecule has 0 aromatic carbocycles. The van der Waals surface area contributed by atoms with Crippen LogP contribution in [0.3, 0.4) is 0 Å². The number of amides is 1. The van der Waals surface area contributed by atoms with Crippen molar-refractivity contribution < 1.29 is 9.53 Å². The SMILES string of the molecule is O=C(CNC1C2CCOC2C12CCC2)NCC1CCCCC1. The van der Waals surface area contributed by atoms with Crippen LogP contribution in [-0.4, -0.2) is 37.7 Å². The molecule has 1 heterocycles. The molecule has 3 aliphatic carbocycles. The van der Waals surface area contributed by atoms with E-state index in [-0.39, 0.29) is 5.91 Å². The van der Waals surface area contributed by atoms with Crippen LogP contribution < -0.4 is 10.6 Å². The number of carbonyl (C=O) groups excluding carboxylic acids is 1. The number of hydrogen-bond acceptors (Lipinski definition) is 3. The smallest absolute Gasteiger partial charge is 0.233 e. The second kappa shape index (κ2) is 6.12. The van der Waals surface area contributed by atoms with Gasteiger partial charge in [-0.1, -0.05) is 25.7 Å².